The topological polar surface area (TPSA) is 105 Å². The molecule has 2 fully saturated rings. The van der Waals surface area contributed by atoms with Gasteiger partial charge < -0.3 is 20.6 Å². The maximum atomic E-state index is 12.8. The predicted molar refractivity (Wildman–Crippen MR) is 135 cm³/mol. The van der Waals surface area contributed by atoms with Crippen LogP contribution in [0, 0.1) is 5.92 Å². The molecule has 2 aliphatic rings. The zero-order valence-electron chi connectivity index (χ0n) is 19.0. The van der Waals surface area contributed by atoms with Gasteiger partial charge in [0.2, 0.25) is 5.91 Å². The molecule has 2 heterocycles. The number of hydrogen-bond acceptors (Lipinski definition) is 7. The van der Waals surface area contributed by atoms with E-state index >= 15 is 0 Å². The molecule has 1 saturated heterocycles. The number of anilines is 3. The van der Waals surface area contributed by atoms with Crippen LogP contribution in [-0.4, -0.2) is 54.4 Å². The molecule has 0 radical (unpaired) electrons. The Balaban J connectivity index is 1.40. The van der Waals surface area contributed by atoms with Gasteiger partial charge in [0.1, 0.15) is 0 Å². The van der Waals surface area contributed by atoms with Crippen molar-refractivity contribution in [3.05, 3.63) is 39.5 Å². The van der Waals surface area contributed by atoms with E-state index in [-0.39, 0.29) is 30.8 Å². The molecule has 34 heavy (non-hydrogen) atoms. The number of nitrogens with one attached hydrogen (secondary N) is 2. The molecule has 2 aromatic rings. The first-order chi connectivity index (χ1) is 16.4. The van der Waals surface area contributed by atoms with E-state index in [1.54, 1.807) is 24.3 Å². The van der Waals surface area contributed by atoms with Gasteiger partial charge in [-0.25, -0.2) is 0 Å². The van der Waals surface area contributed by atoms with Gasteiger partial charge in [0, 0.05) is 25.6 Å². The number of benzene rings is 1. The van der Waals surface area contributed by atoms with Gasteiger partial charge in [-0.1, -0.05) is 24.4 Å². The van der Waals surface area contributed by atoms with Crippen molar-refractivity contribution >= 4 is 51.8 Å². The number of thiophene rings is 1. The average Bonchev–Trinajstić information content (AvgIpc) is 3.60. The van der Waals surface area contributed by atoms with Crippen LogP contribution in [0.15, 0.2) is 30.3 Å². The first-order valence-corrected chi connectivity index (χ1v) is 13.0. The van der Waals surface area contributed by atoms with E-state index in [4.69, 9.17) is 11.6 Å². The van der Waals surface area contributed by atoms with E-state index in [1.165, 1.54) is 0 Å². The molecular formula is C24H31ClN4O4S. The van der Waals surface area contributed by atoms with Gasteiger partial charge in [0.25, 0.3) is 5.91 Å². The van der Waals surface area contributed by atoms with Crippen LogP contribution in [0.25, 0.3) is 0 Å². The number of nitrogens with zero attached hydrogens (tertiary/aromatic N) is 2. The normalized spacial score (nSPS) is 17.1. The van der Waals surface area contributed by atoms with E-state index in [0.29, 0.717) is 20.6 Å². The van der Waals surface area contributed by atoms with Gasteiger partial charge in [-0.2, -0.15) is 0 Å². The number of amides is 2. The Morgan fingerprint density at radius 1 is 1.15 bits per heavy atom. The van der Waals surface area contributed by atoms with E-state index in [9.17, 15) is 19.9 Å². The zero-order valence-corrected chi connectivity index (χ0v) is 20.6. The van der Waals surface area contributed by atoms with Gasteiger partial charge in [-0.05, 0) is 56.0 Å². The van der Waals surface area contributed by atoms with Crippen LogP contribution in [0.1, 0.15) is 48.2 Å². The summed E-state index contributed by atoms with van der Waals surface area (Å²) in [6, 6.07) is 8.69. The summed E-state index contributed by atoms with van der Waals surface area (Å²) in [5.74, 6) is -0.271. The van der Waals surface area contributed by atoms with Gasteiger partial charge in [-0.15, -0.1) is 11.3 Å². The molecule has 10 heteroatoms. The molecule has 2 amide bonds. The third kappa shape index (κ3) is 6.21. The van der Waals surface area contributed by atoms with Crippen molar-refractivity contribution in [3.63, 3.8) is 0 Å². The lowest BCUT2D eigenvalue weighted by Gasteiger charge is -2.26. The molecule has 1 aromatic heterocycles. The Hall–Kier alpha value is -2.33. The van der Waals surface area contributed by atoms with Crippen LogP contribution in [-0.2, 0) is 4.79 Å². The largest absolute Gasteiger partial charge is 0.389 e. The monoisotopic (exact) mass is 506 g/mol. The second-order valence-corrected chi connectivity index (χ2v) is 10.6. The molecule has 0 spiro atoms. The minimum Gasteiger partial charge on any atom is -0.389 e. The summed E-state index contributed by atoms with van der Waals surface area (Å²) in [4.78, 5) is 27.7. The molecule has 1 atom stereocenters. The van der Waals surface area contributed by atoms with Crippen LogP contribution >= 0.6 is 22.9 Å². The Morgan fingerprint density at radius 2 is 1.88 bits per heavy atom. The van der Waals surface area contributed by atoms with E-state index in [2.05, 4.69) is 15.5 Å². The van der Waals surface area contributed by atoms with Crippen molar-refractivity contribution in [1.82, 2.24) is 5.32 Å². The maximum absolute atomic E-state index is 12.8. The van der Waals surface area contributed by atoms with Crippen LogP contribution in [0.3, 0.4) is 0 Å². The minimum atomic E-state index is -1.00. The summed E-state index contributed by atoms with van der Waals surface area (Å²) in [7, 11) is 0. The fraction of sp³-hybridized carbons (Fsp3) is 0.500. The number of rotatable bonds is 9. The highest BCUT2D eigenvalue weighted by atomic mass is 35.5. The SMILES string of the molecule is O=C(NCC(O)CN(O)c1ccc(N2CCCC2)c(NC(=O)C2CCCC2)c1)c1ccc(Cl)s1. The predicted octanol–water partition coefficient (Wildman–Crippen LogP) is 4.12. The summed E-state index contributed by atoms with van der Waals surface area (Å²) in [6.07, 6.45) is 5.20. The quantitative estimate of drug-likeness (QED) is 0.381. The highest BCUT2D eigenvalue weighted by Crippen LogP contribution is 2.34. The summed E-state index contributed by atoms with van der Waals surface area (Å²) in [6.45, 7) is 1.73. The number of halogens is 1. The van der Waals surface area contributed by atoms with E-state index in [0.717, 1.165) is 73.7 Å². The third-order valence-electron chi connectivity index (χ3n) is 6.39. The fourth-order valence-electron chi connectivity index (χ4n) is 4.54. The number of aliphatic hydroxyl groups is 1. The van der Waals surface area contributed by atoms with Crippen molar-refractivity contribution in [3.8, 4) is 0 Å². The average molecular weight is 507 g/mol. The number of carbonyl (C=O) groups is 2. The van der Waals surface area contributed by atoms with Crippen LogP contribution in [0.2, 0.25) is 4.34 Å². The summed E-state index contributed by atoms with van der Waals surface area (Å²) < 4.78 is 0.514. The Kier molecular flexibility index (Phi) is 8.31. The van der Waals surface area contributed by atoms with Gasteiger partial charge in [-0.3, -0.25) is 19.9 Å². The first kappa shape index (κ1) is 24.8. The molecule has 0 bridgehead atoms. The Labute approximate surface area is 208 Å². The van der Waals surface area contributed by atoms with Crippen LogP contribution in [0.4, 0.5) is 17.1 Å². The minimum absolute atomic E-state index is 0.0241. The van der Waals surface area contributed by atoms with E-state index in [1.807, 2.05) is 6.07 Å². The molecule has 4 N–H and O–H groups in total. The van der Waals surface area contributed by atoms with Crippen molar-refractivity contribution in [2.75, 3.05) is 41.5 Å². The molecule has 8 nitrogen and oxygen atoms in total. The highest BCUT2D eigenvalue weighted by molar-refractivity contribution is 7.18. The molecule has 1 aliphatic carbocycles. The lowest BCUT2D eigenvalue weighted by atomic mass is 10.1. The number of aliphatic hydroxyl groups excluding tert-OH is 1. The molecule has 4 rings (SSSR count). The highest BCUT2D eigenvalue weighted by Gasteiger charge is 2.25. The molecule has 1 unspecified atom stereocenters. The summed E-state index contributed by atoms with van der Waals surface area (Å²) in [5, 5.41) is 27.7. The van der Waals surface area contributed by atoms with Gasteiger partial charge in [0.15, 0.2) is 0 Å². The second-order valence-electron chi connectivity index (χ2n) is 8.92. The Morgan fingerprint density at radius 3 is 2.56 bits per heavy atom. The van der Waals surface area contributed by atoms with Crippen molar-refractivity contribution < 1.29 is 19.9 Å². The number of hydrogen-bond donors (Lipinski definition) is 4. The van der Waals surface area contributed by atoms with Gasteiger partial charge in [0.05, 0.1) is 38.9 Å². The number of carbonyl (C=O) groups excluding carboxylic acids is 2. The lowest BCUT2D eigenvalue weighted by molar-refractivity contribution is -0.119. The van der Waals surface area contributed by atoms with E-state index < -0.39 is 6.10 Å². The smallest absolute Gasteiger partial charge is 0.261 e. The summed E-state index contributed by atoms with van der Waals surface area (Å²) in [5.41, 5.74) is 2.08. The van der Waals surface area contributed by atoms with Crippen molar-refractivity contribution in [1.29, 1.82) is 0 Å². The Bertz CT molecular complexity index is 1000. The zero-order chi connectivity index (χ0) is 24.1. The van der Waals surface area contributed by atoms with Crippen LogP contribution in [0.5, 0.6) is 0 Å². The molecular weight excluding hydrogens is 476 g/mol. The van der Waals surface area contributed by atoms with Gasteiger partial charge >= 0.3 is 0 Å². The fourth-order valence-corrected chi connectivity index (χ4v) is 5.50. The molecule has 1 aliphatic heterocycles. The first-order valence-electron chi connectivity index (χ1n) is 11.8. The maximum Gasteiger partial charge on any atom is 0.261 e. The second kappa shape index (κ2) is 11.4. The molecule has 1 saturated carbocycles. The standard InChI is InChI=1S/C24H31ClN4O4S/c25-22-10-9-21(34-22)24(32)26-14-18(30)15-29(33)17-7-8-20(28-11-3-4-12-28)19(13-17)27-23(31)16-5-1-2-6-16/h7-10,13,16,18,30,33H,1-6,11-12,14-15H2,(H,26,32)(H,27,31). The molecule has 184 valence electrons. The van der Waals surface area contributed by atoms with Crippen molar-refractivity contribution in [2.24, 2.45) is 5.92 Å². The lowest BCUT2D eigenvalue weighted by Crippen LogP contribution is -2.39. The van der Waals surface area contributed by atoms with Crippen LogP contribution < -0.4 is 20.6 Å². The third-order valence-corrected chi connectivity index (χ3v) is 7.62. The van der Waals surface area contributed by atoms with Crippen molar-refractivity contribution in [2.45, 2.75) is 44.6 Å². The molecule has 1 aromatic carbocycles. The summed E-state index contributed by atoms with van der Waals surface area (Å²) >= 11 is 7.02. The number of hydroxylamine groups is 1.